The van der Waals surface area contributed by atoms with Crippen LogP contribution in [-0.4, -0.2) is 30.5 Å². The molecule has 5 heteroatoms. The van der Waals surface area contributed by atoms with E-state index >= 15 is 0 Å². The Morgan fingerprint density at radius 1 is 1.00 bits per heavy atom. The molecule has 2 radical (unpaired) electrons. The number of imidazole rings is 1. The van der Waals surface area contributed by atoms with Gasteiger partial charge < -0.3 is 0 Å². The van der Waals surface area contributed by atoms with Gasteiger partial charge in [0.15, 0.2) is 0 Å². The third-order valence-corrected chi connectivity index (χ3v) is 10.3. The molecule has 0 saturated heterocycles. The molecular formula is C20H30F2N2Sn. The van der Waals surface area contributed by atoms with E-state index in [1.807, 2.05) is 0 Å². The van der Waals surface area contributed by atoms with E-state index in [4.69, 9.17) is 0 Å². The molecule has 0 atom stereocenters. The van der Waals surface area contributed by atoms with Crippen molar-refractivity contribution in [1.82, 2.24) is 9.38 Å². The molecule has 0 aliphatic rings. The maximum absolute atomic E-state index is 14.4. The molecule has 138 valence electrons. The molecule has 0 unspecified atom stereocenters. The Kier molecular flexibility index (Phi) is 8.17. The van der Waals surface area contributed by atoms with E-state index in [9.17, 15) is 8.78 Å². The minimum atomic E-state index is -1.12. The average Bonchev–Trinajstić information content (AvgIpc) is 2.98. The molecule has 0 fully saturated rings. The van der Waals surface area contributed by atoms with E-state index in [2.05, 4.69) is 25.8 Å². The maximum atomic E-state index is 14.4. The molecule has 25 heavy (non-hydrogen) atoms. The summed E-state index contributed by atoms with van der Waals surface area (Å²) in [6.07, 6.45) is 13.9. The van der Waals surface area contributed by atoms with Gasteiger partial charge in [-0.25, -0.2) is 0 Å². The van der Waals surface area contributed by atoms with Crippen LogP contribution in [0.1, 0.15) is 78.6 Å². The summed E-state index contributed by atoms with van der Waals surface area (Å²) in [6, 6.07) is 0.992. The van der Waals surface area contributed by atoms with Crippen LogP contribution in [0.2, 0.25) is 3.43 Å². The van der Waals surface area contributed by atoms with Crippen molar-refractivity contribution in [3.05, 3.63) is 30.2 Å². The molecular weight excluding hydrogens is 425 g/mol. The van der Waals surface area contributed by atoms with Crippen LogP contribution in [0.3, 0.4) is 0 Å². The number of nitrogens with zero attached hydrogens (tertiary/aromatic N) is 2. The second-order valence-corrected chi connectivity index (χ2v) is 12.2. The second kappa shape index (κ2) is 9.88. The van der Waals surface area contributed by atoms with E-state index in [1.165, 1.54) is 68.4 Å². The number of fused-ring (bicyclic) bond motifs is 1. The predicted molar refractivity (Wildman–Crippen MR) is 102 cm³/mol. The van der Waals surface area contributed by atoms with Gasteiger partial charge in [-0.15, -0.1) is 0 Å². The number of unbranched alkanes of at least 4 members (excludes halogenated alkanes) is 3. The zero-order chi connectivity index (χ0) is 18.3. The van der Waals surface area contributed by atoms with Crippen LogP contribution < -0.4 is 3.71 Å². The van der Waals surface area contributed by atoms with Crippen molar-refractivity contribution in [2.24, 2.45) is 0 Å². The number of pyridine rings is 1. The number of aromatic nitrogens is 2. The van der Waals surface area contributed by atoms with Crippen molar-refractivity contribution in [3.63, 3.8) is 0 Å². The molecule has 2 rings (SSSR count). The Balaban J connectivity index is 2.36. The van der Waals surface area contributed by atoms with Crippen molar-refractivity contribution in [2.45, 2.75) is 82.0 Å². The summed E-state index contributed by atoms with van der Waals surface area (Å²) in [4.78, 5) is 4.54. The fraction of sp³-hybridized carbons (Fsp3) is 0.650. The topological polar surface area (TPSA) is 17.3 Å². The molecule has 0 aliphatic heterocycles. The summed E-state index contributed by atoms with van der Waals surface area (Å²) < 4.78 is 30.7. The number of halogens is 2. The van der Waals surface area contributed by atoms with Gasteiger partial charge in [-0.2, -0.15) is 0 Å². The van der Waals surface area contributed by atoms with Gasteiger partial charge in [-0.3, -0.25) is 0 Å². The monoisotopic (exact) mass is 456 g/mol. The standard InChI is InChI=1S/C13H27.C7H3F2N2.Sn/c1-4-7-10-13(11-8-5-2)12-9-6-3;8-5-1-6(9)7-2-10-4-11(7)3-5;/h4-12H2,1-3H3;1,3-4H;. The number of hydrogen-bond acceptors (Lipinski definition) is 1. The third kappa shape index (κ3) is 5.41. The Bertz CT molecular complexity index is 647. The summed E-state index contributed by atoms with van der Waals surface area (Å²) >= 11 is -1.12. The second-order valence-electron chi connectivity index (χ2n) is 7.07. The van der Waals surface area contributed by atoms with Gasteiger partial charge in [0.05, 0.1) is 0 Å². The normalized spacial score (nSPS) is 12.2. The summed E-state index contributed by atoms with van der Waals surface area (Å²) in [5.74, 6) is -1.02. The SMILES string of the molecule is CCCC[C](CCCC)(CCCC)[Sn][c]1ncn2cc(F)cc(F)c12. The van der Waals surface area contributed by atoms with Gasteiger partial charge in [-0.1, -0.05) is 0 Å². The Morgan fingerprint density at radius 2 is 1.56 bits per heavy atom. The number of hydrogen-bond donors (Lipinski definition) is 0. The molecule has 0 bridgehead atoms. The molecule has 2 aromatic heterocycles. The molecule has 2 heterocycles. The van der Waals surface area contributed by atoms with E-state index < -0.39 is 32.8 Å². The predicted octanol–water partition coefficient (Wildman–Crippen LogP) is 5.67. The summed E-state index contributed by atoms with van der Waals surface area (Å²) in [5.41, 5.74) is 0.516. The summed E-state index contributed by atoms with van der Waals surface area (Å²) in [5, 5.41) is 0. The number of rotatable bonds is 11. The van der Waals surface area contributed by atoms with Crippen molar-refractivity contribution >= 4 is 30.4 Å². The molecule has 2 aromatic rings. The fourth-order valence-corrected chi connectivity index (χ4v) is 8.92. The van der Waals surface area contributed by atoms with Crippen LogP contribution in [0.5, 0.6) is 0 Å². The third-order valence-electron chi connectivity index (χ3n) is 4.96. The Hall–Kier alpha value is -0.651. The van der Waals surface area contributed by atoms with Gasteiger partial charge in [0.2, 0.25) is 0 Å². The van der Waals surface area contributed by atoms with Crippen molar-refractivity contribution in [2.75, 3.05) is 0 Å². The van der Waals surface area contributed by atoms with Gasteiger partial charge in [-0.05, 0) is 0 Å². The van der Waals surface area contributed by atoms with Crippen molar-refractivity contribution in [3.8, 4) is 0 Å². The van der Waals surface area contributed by atoms with Crippen LogP contribution in [0.4, 0.5) is 8.78 Å². The van der Waals surface area contributed by atoms with E-state index in [1.54, 1.807) is 6.33 Å². The summed E-state index contributed by atoms with van der Waals surface area (Å²) in [7, 11) is 0. The van der Waals surface area contributed by atoms with Crippen LogP contribution in [0.25, 0.3) is 5.52 Å². The molecule has 0 amide bonds. The van der Waals surface area contributed by atoms with Crippen LogP contribution in [0.15, 0.2) is 18.6 Å². The van der Waals surface area contributed by atoms with E-state index in [-0.39, 0.29) is 0 Å². The Labute approximate surface area is 160 Å². The molecule has 0 N–H and O–H groups in total. The van der Waals surface area contributed by atoms with Crippen LogP contribution in [0, 0.1) is 11.6 Å². The minimum absolute atomic E-state index is 0.348. The Morgan fingerprint density at radius 3 is 2.08 bits per heavy atom. The zero-order valence-electron chi connectivity index (χ0n) is 15.7. The molecule has 2 nitrogen and oxygen atoms in total. The molecule has 0 saturated carbocycles. The fourth-order valence-electron chi connectivity index (χ4n) is 3.51. The first-order valence-electron chi connectivity index (χ1n) is 9.65. The molecule has 0 aliphatic carbocycles. The first-order chi connectivity index (χ1) is 12.0. The van der Waals surface area contributed by atoms with Crippen LogP contribution >= 0.6 is 0 Å². The van der Waals surface area contributed by atoms with Gasteiger partial charge in [0, 0.05) is 0 Å². The van der Waals surface area contributed by atoms with E-state index in [0.29, 0.717) is 8.95 Å². The zero-order valence-corrected chi connectivity index (χ0v) is 18.6. The van der Waals surface area contributed by atoms with Gasteiger partial charge in [0.25, 0.3) is 0 Å². The molecule has 0 spiro atoms. The van der Waals surface area contributed by atoms with Gasteiger partial charge in [0.1, 0.15) is 0 Å². The summed E-state index contributed by atoms with van der Waals surface area (Å²) in [6.45, 7) is 6.72. The van der Waals surface area contributed by atoms with Gasteiger partial charge >= 0.3 is 161 Å². The first kappa shape index (κ1) is 20.7. The van der Waals surface area contributed by atoms with Crippen molar-refractivity contribution < 1.29 is 8.78 Å². The molecule has 0 aromatic carbocycles. The van der Waals surface area contributed by atoms with E-state index in [0.717, 1.165) is 9.78 Å². The van der Waals surface area contributed by atoms with Crippen LogP contribution in [-0.2, 0) is 0 Å². The first-order valence-corrected chi connectivity index (χ1v) is 12.5. The quantitative estimate of drug-likeness (QED) is 0.399. The van der Waals surface area contributed by atoms with Crippen molar-refractivity contribution in [1.29, 1.82) is 0 Å². The average molecular weight is 455 g/mol.